The van der Waals surface area contributed by atoms with Crippen LogP contribution in [0.3, 0.4) is 0 Å². The molecule has 0 amide bonds. The Morgan fingerprint density at radius 1 is 0.825 bits per heavy atom. The van der Waals surface area contributed by atoms with E-state index >= 15 is 0 Å². The smallest absolute Gasteiger partial charge is 0.196 e. The third-order valence-electron chi connectivity index (χ3n) is 8.09. The van der Waals surface area contributed by atoms with Crippen LogP contribution in [0.2, 0.25) is 0 Å². The SMILES string of the molecule is COc1ccccc1N1CCN(c2cc(Nc3cc(C)ccc3C)c3c4c(onc24)-c2ccccc2C3=O)CC1. The maximum atomic E-state index is 14.0. The predicted molar refractivity (Wildman–Crippen MR) is 159 cm³/mol. The minimum atomic E-state index is -0.0170. The van der Waals surface area contributed by atoms with Gasteiger partial charge in [0.1, 0.15) is 11.3 Å². The zero-order valence-corrected chi connectivity index (χ0v) is 22.8. The van der Waals surface area contributed by atoms with Crippen molar-refractivity contribution in [3.8, 4) is 17.1 Å². The largest absolute Gasteiger partial charge is 0.495 e. The number of ether oxygens (including phenoxy) is 1. The van der Waals surface area contributed by atoms with Crippen molar-refractivity contribution in [2.24, 2.45) is 0 Å². The molecule has 0 spiro atoms. The Morgan fingerprint density at radius 2 is 1.52 bits per heavy atom. The highest BCUT2D eigenvalue weighted by atomic mass is 16.5. The van der Waals surface area contributed by atoms with Crippen LogP contribution in [0.1, 0.15) is 27.0 Å². The number of hydrogen-bond acceptors (Lipinski definition) is 7. The molecule has 0 unspecified atom stereocenters. The third kappa shape index (κ3) is 3.80. The van der Waals surface area contributed by atoms with E-state index in [2.05, 4.69) is 64.5 Å². The number of carbonyl (C=O) groups is 1. The van der Waals surface area contributed by atoms with Crippen molar-refractivity contribution >= 4 is 39.4 Å². The first-order valence-corrected chi connectivity index (χ1v) is 13.6. The fourth-order valence-electron chi connectivity index (χ4n) is 5.98. The molecular formula is C33H30N4O3. The number of carbonyl (C=O) groups excluding carboxylic acids is 1. The second-order valence-electron chi connectivity index (χ2n) is 10.5. The number of aromatic nitrogens is 1. The summed E-state index contributed by atoms with van der Waals surface area (Å²) in [5.74, 6) is 1.51. The van der Waals surface area contributed by atoms with Gasteiger partial charge in [0.25, 0.3) is 0 Å². The molecule has 40 heavy (non-hydrogen) atoms. The van der Waals surface area contributed by atoms with E-state index in [1.807, 2.05) is 42.5 Å². The fourth-order valence-corrected chi connectivity index (χ4v) is 5.98. The number of piperazine rings is 1. The highest BCUT2D eigenvalue weighted by Crippen LogP contribution is 2.46. The predicted octanol–water partition coefficient (Wildman–Crippen LogP) is 6.73. The van der Waals surface area contributed by atoms with Crippen LogP contribution >= 0.6 is 0 Å². The van der Waals surface area contributed by atoms with Gasteiger partial charge in [-0.3, -0.25) is 4.79 Å². The topological polar surface area (TPSA) is 70.8 Å². The number of ketones is 1. The second-order valence-corrected chi connectivity index (χ2v) is 10.5. The van der Waals surface area contributed by atoms with Crippen molar-refractivity contribution in [2.45, 2.75) is 13.8 Å². The number of nitrogens with zero attached hydrogens (tertiary/aromatic N) is 3. The van der Waals surface area contributed by atoms with E-state index < -0.39 is 0 Å². The molecule has 0 saturated carbocycles. The summed E-state index contributed by atoms with van der Waals surface area (Å²) in [5, 5.41) is 8.95. The molecule has 5 aromatic rings. The number of rotatable bonds is 5. The van der Waals surface area contributed by atoms with Gasteiger partial charge in [-0.1, -0.05) is 53.7 Å². The first kappa shape index (κ1) is 24.3. The first-order valence-electron chi connectivity index (χ1n) is 13.6. The molecule has 7 heteroatoms. The lowest BCUT2D eigenvalue weighted by molar-refractivity contribution is 0.104. The van der Waals surface area contributed by atoms with Crippen LogP contribution in [0, 0.1) is 13.8 Å². The van der Waals surface area contributed by atoms with Crippen molar-refractivity contribution in [1.82, 2.24) is 5.16 Å². The molecular weight excluding hydrogens is 500 g/mol. The van der Waals surface area contributed by atoms with Crippen LogP contribution in [0.15, 0.2) is 77.3 Å². The molecule has 2 aliphatic rings. The number of fused-ring (bicyclic) bond motifs is 2. The summed E-state index contributed by atoms with van der Waals surface area (Å²) in [4.78, 5) is 18.7. The number of hydrogen-bond donors (Lipinski definition) is 1. The first-order chi connectivity index (χ1) is 19.5. The van der Waals surface area contributed by atoms with E-state index in [0.717, 1.165) is 82.3 Å². The summed E-state index contributed by atoms with van der Waals surface area (Å²) in [6.07, 6.45) is 0. The van der Waals surface area contributed by atoms with Crippen LogP contribution in [-0.2, 0) is 0 Å². The highest BCUT2D eigenvalue weighted by molar-refractivity contribution is 6.28. The molecule has 7 rings (SSSR count). The zero-order chi connectivity index (χ0) is 27.4. The molecule has 1 aromatic heterocycles. The standard InChI is InChI=1S/C33H30N4O3/c1-20-12-13-21(2)24(18-20)34-25-19-27(37-16-14-36(15-17-37)26-10-6-7-11-28(26)39-3)31-30-29(25)32(38)22-8-4-5-9-23(22)33(30)40-35-31/h4-13,18-19,34H,14-17H2,1-3H3. The quantitative estimate of drug-likeness (QED) is 0.265. The summed E-state index contributed by atoms with van der Waals surface area (Å²) in [5.41, 5.74) is 8.84. The van der Waals surface area contributed by atoms with Crippen molar-refractivity contribution in [2.75, 3.05) is 48.4 Å². The molecule has 0 atom stereocenters. The second kappa shape index (κ2) is 9.45. The molecule has 4 aromatic carbocycles. The van der Waals surface area contributed by atoms with Gasteiger partial charge in [0.15, 0.2) is 11.5 Å². The fraction of sp³-hybridized carbons (Fsp3) is 0.212. The Bertz CT molecular complexity index is 1780. The highest BCUT2D eigenvalue weighted by Gasteiger charge is 2.34. The molecule has 7 nitrogen and oxygen atoms in total. The van der Waals surface area contributed by atoms with E-state index in [9.17, 15) is 4.79 Å². The Kier molecular flexibility index (Phi) is 5.73. The molecule has 2 heterocycles. The van der Waals surface area contributed by atoms with Gasteiger partial charge in [-0.2, -0.15) is 0 Å². The van der Waals surface area contributed by atoms with E-state index in [0.29, 0.717) is 16.9 Å². The monoisotopic (exact) mass is 530 g/mol. The average Bonchev–Trinajstić information content (AvgIpc) is 3.43. The molecule has 1 aliphatic carbocycles. The van der Waals surface area contributed by atoms with Gasteiger partial charge in [-0.15, -0.1) is 0 Å². The lowest BCUT2D eigenvalue weighted by Gasteiger charge is -2.38. The van der Waals surface area contributed by atoms with Crippen molar-refractivity contribution < 1.29 is 14.1 Å². The molecule has 1 N–H and O–H groups in total. The van der Waals surface area contributed by atoms with E-state index in [-0.39, 0.29) is 5.78 Å². The van der Waals surface area contributed by atoms with Crippen LogP contribution < -0.4 is 19.9 Å². The lowest BCUT2D eigenvalue weighted by atomic mass is 9.86. The Hall–Kier alpha value is -4.78. The number of para-hydroxylation sites is 2. The molecule has 1 saturated heterocycles. The van der Waals surface area contributed by atoms with Crippen molar-refractivity contribution in [1.29, 1.82) is 0 Å². The van der Waals surface area contributed by atoms with Gasteiger partial charge in [-0.25, -0.2) is 0 Å². The Balaban J connectivity index is 1.34. The minimum Gasteiger partial charge on any atom is -0.495 e. The van der Waals surface area contributed by atoms with E-state index in [4.69, 9.17) is 9.26 Å². The number of nitrogens with one attached hydrogen (secondary N) is 1. The summed E-state index contributed by atoms with van der Waals surface area (Å²) >= 11 is 0. The Morgan fingerprint density at radius 3 is 2.30 bits per heavy atom. The zero-order valence-electron chi connectivity index (χ0n) is 22.8. The minimum absolute atomic E-state index is 0.0170. The number of anilines is 4. The van der Waals surface area contributed by atoms with Crippen molar-refractivity contribution in [3.63, 3.8) is 0 Å². The van der Waals surface area contributed by atoms with Crippen molar-refractivity contribution in [3.05, 3.63) is 95.1 Å². The average molecular weight is 531 g/mol. The van der Waals surface area contributed by atoms with Gasteiger partial charge in [0.2, 0.25) is 0 Å². The molecule has 1 aliphatic heterocycles. The number of aryl methyl sites for hydroxylation is 2. The van der Waals surface area contributed by atoms with E-state index in [1.165, 1.54) is 0 Å². The Labute approximate surface area is 233 Å². The molecule has 0 bridgehead atoms. The van der Waals surface area contributed by atoms with Gasteiger partial charge in [0, 0.05) is 43.0 Å². The number of methoxy groups -OCH3 is 1. The molecule has 0 radical (unpaired) electrons. The third-order valence-corrected chi connectivity index (χ3v) is 8.09. The van der Waals surface area contributed by atoms with Gasteiger partial charge in [0.05, 0.1) is 35.1 Å². The van der Waals surface area contributed by atoms with Gasteiger partial charge >= 0.3 is 0 Å². The van der Waals surface area contributed by atoms with Crippen LogP contribution in [0.25, 0.3) is 22.2 Å². The van der Waals surface area contributed by atoms with Crippen LogP contribution in [-0.4, -0.2) is 44.2 Å². The summed E-state index contributed by atoms with van der Waals surface area (Å²) in [6, 6.07) is 24.2. The summed E-state index contributed by atoms with van der Waals surface area (Å²) in [6.45, 7) is 7.39. The summed E-state index contributed by atoms with van der Waals surface area (Å²) < 4.78 is 11.6. The summed E-state index contributed by atoms with van der Waals surface area (Å²) in [7, 11) is 1.71. The normalized spacial score (nSPS) is 14.4. The maximum absolute atomic E-state index is 14.0. The van der Waals surface area contributed by atoms with Crippen LogP contribution in [0.5, 0.6) is 5.75 Å². The lowest BCUT2D eigenvalue weighted by Crippen LogP contribution is -2.46. The van der Waals surface area contributed by atoms with Crippen LogP contribution in [0.4, 0.5) is 22.7 Å². The van der Waals surface area contributed by atoms with Gasteiger partial charge in [-0.05, 0) is 49.2 Å². The molecule has 1 fully saturated rings. The molecule has 200 valence electrons. The maximum Gasteiger partial charge on any atom is 0.196 e. The van der Waals surface area contributed by atoms with E-state index in [1.54, 1.807) is 7.11 Å². The number of benzene rings is 4. The van der Waals surface area contributed by atoms with Gasteiger partial charge < -0.3 is 24.4 Å².